The Morgan fingerprint density at radius 3 is 1.83 bits per heavy atom. The quantitative estimate of drug-likeness (QED) is 0.193. The lowest BCUT2D eigenvalue weighted by atomic mass is 9.82. The number of rotatable bonds is 5. The van der Waals surface area contributed by atoms with Crippen molar-refractivity contribution in [1.29, 1.82) is 0 Å². The highest BCUT2D eigenvalue weighted by molar-refractivity contribution is 5.84. The fraction of sp³-hybridized carbons (Fsp3) is 0.0698. The van der Waals surface area contributed by atoms with Gasteiger partial charge in [-0.2, -0.15) is 9.97 Å². The molecular formula is C43H31N5. The fourth-order valence-corrected chi connectivity index (χ4v) is 7.04. The Balaban J connectivity index is 1.28. The summed E-state index contributed by atoms with van der Waals surface area (Å²) >= 11 is 0. The zero-order chi connectivity index (χ0) is 32.2. The maximum Gasteiger partial charge on any atom is 0.240 e. The van der Waals surface area contributed by atoms with E-state index in [0.717, 1.165) is 44.7 Å². The first-order chi connectivity index (χ1) is 23.5. The Labute approximate surface area is 279 Å². The van der Waals surface area contributed by atoms with E-state index in [9.17, 15) is 0 Å². The van der Waals surface area contributed by atoms with Gasteiger partial charge in [0, 0.05) is 22.1 Å². The molecule has 8 aromatic rings. The molecule has 1 aliphatic rings. The van der Waals surface area contributed by atoms with Crippen molar-refractivity contribution < 1.29 is 0 Å². The third-order valence-electron chi connectivity index (χ3n) is 9.49. The maximum atomic E-state index is 5.21. The van der Waals surface area contributed by atoms with Crippen LogP contribution in [0, 0.1) is 0 Å². The summed E-state index contributed by atoms with van der Waals surface area (Å²) in [7, 11) is 0. The van der Waals surface area contributed by atoms with Gasteiger partial charge in [-0.05, 0) is 57.6 Å². The molecule has 0 amide bonds. The highest BCUT2D eigenvalue weighted by Crippen LogP contribution is 2.49. The zero-order valence-corrected chi connectivity index (χ0v) is 26.7. The predicted octanol–water partition coefficient (Wildman–Crippen LogP) is 10.2. The molecule has 0 aliphatic heterocycles. The third-order valence-corrected chi connectivity index (χ3v) is 9.49. The Bertz CT molecular complexity index is 2480. The minimum atomic E-state index is -0.147. The summed E-state index contributed by atoms with van der Waals surface area (Å²) in [6.45, 7) is 4.59. The van der Waals surface area contributed by atoms with Crippen LogP contribution in [0.2, 0.25) is 0 Å². The largest absolute Gasteiger partial charge is 0.260 e. The van der Waals surface area contributed by atoms with Crippen molar-refractivity contribution in [2.75, 3.05) is 0 Å². The number of hydrogen-bond donors (Lipinski definition) is 0. The van der Waals surface area contributed by atoms with Crippen LogP contribution in [0.25, 0.3) is 73.4 Å². The Kier molecular flexibility index (Phi) is 6.40. The van der Waals surface area contributed by atoms with E-state index in [0.29, 0.717) is 17.6 Å². The summed E-state index contributed by atoms with van der Waals surface area (Å²) in [6, 6.07) is 52.5. The maximum absolute atomic E-state index is 5.21. The second-order valence-corrected chi connectivity index (χ2v) is 12.8. The monoisotopic (exact) mass is 617 g/mol. The second kappa shape index (κ2) is 11.0. The second-order valence-electron chi connectivity index (χ2n) is 12.8. The van der Waals surface area contributed by atoms with Crippen LogP contribution in [0.15, 0.2) is 152 Å². The molecular weight excluding hydrogens is 587 g/mol. The first kappa shape index (κ1) is 28.1. The average Bonchev–Trinajstić information content (AvgIpc) is 3.65. The van der Waals surface area contributed by atoms with Gasteiger partial charge in [-0.15, -0.1) is 0 Å². The lowest BCUT2D eigenvalue weighted by Gasteiger charge is -2.21. The van der Waals surface area contributed by atoms with Gasteiger partial charge in [0.05, 0.1) is 11.0 Å². The highest BCUT2D eigenvalue weighted by atomic mass is 15.2. The van der Waals surface area contributed by atoms with Gasteiger partial charge in [0.25, 0.3) is 0 Å². The molecule has 6 aromatic carbocycles. The number of aromatic nitrogens is 5. The van der Waals surface area contributed by atoms with Crippen LogP contribution in [-0.2, 0) is 5.41 Å². The smallest absolute Gasteiger partial charge is 0.240 e. The summed E-state index contributed by atoms with van der Waals surface area (Å²) in [4.78, 5) is 20.6. The Morgan fingerprint density at radius 1 is 0.438 bits per heavy atom. The van der Waals surface area contributed by atoms with Crippen molar-refractivity contribution >= 4 is 11.0 Å². The van der Waals surface area contributed by atoms with E-state index in [1.54, 1.807) is 0 Å². The van der Waals surface area contributed by atoms with Crippen LogP contribution >= 0.6 is 0 Å². The number of fused-ring (bicyclic) bond motifs is 4. The molecule has 0 bridgehead atoms. The van der Waals surface area contributed by atoms with E-state index in [1.807, 2.05) is 42.5 Å². The first-order valence-corrected chi connectivity index (χ1v) is 16.2. The molecule has 1 aliphatic carbocycles. The Hall–Kier alpha value is -6.20. The van der Waals surface area contributed by atoms with Gasteiger partial charge in [-0.1, -0.05) is 141 Å². The average molecular weight is 618 g/mol. The summed E-state index contributed by atoms with van der Waals surface area (Å²) < 4.78 is 2.06. The van der Waals surface area contributed by atoms with Crippen molar-refractivity contribution in [2.24, 2.45) is 0 Å². The van der Waals surface area contributed by atoms with E-state index in [2.05, 4.69) is 128 Å². The molecule has 2 heterocycles. The van der Waals surface area contributed by atoms with Crippen molar-refractivity contribution in [1.82, 2.24) is 24.5 Å². The van der Waals surface area contributed by atoms with Gasteiger partial charge in [0.15, 0.2) is 11.6 Å². The van der Waals surface area contributed by atoms with Gasteiger partial charge in [-0.25, -0.2) is 9.97 Å². The van der Waals surface area contributed by atoms with E-state index in [1.165, 1.54) is 22.3 Å². The SMILES string of the molecule is CC1(C)c2ccccc2-c2ccc(-c3nc(-c4cccc(-c5ccccc5)c4)nc(-n4c(-c5ccccc5)nc5ccccc54)n3)cc21. The van der Waals surface area contributed by atoms with Crippen LogP contribution in [0.1, 0.15) is 25.0 Å². The first-order valence-electron chi connectivity index (χ1n) is 16.2. The van der Waals surface area contributed by atoms with E-state index in [4.69, 9.17) is 19.9 Å². The van der Waals surface area contributed by atoms with Crippen molar-refractivity contribution in [2.45, 2.75) is 19.3 Å². The van der Waals surface area contributed by atoms with Crippen LogP contribution < -0.4 is 0 Å². The molecule has 2 aromatic heterocycles. The third kappa shape index (κ3) is 4.55. The summed E-state index contributed by atoms with van der Waals surface area (Å²) in [5.41, 5.74) is 11.9. The summed E-state index contributed by atoms with van der Waals surface area (Å²) in [5.74, 6) is 2.53. The van der Waals surface area contributed by atoms with Crippen molar-refractivity contribution in [3.8, 4) is 62.4 Å². The number of para-hydroxylation sites is 2. The molecule has 9 rings (SSSR count). The normalized spacial score (nSPS) is 13.0. The molecule has 5 heteroatoms. The van der Waals surface area contributed by atoms with Gasteiger partial charge in [0.1, 0.15) is 5.82 Å². The van der Waals surface area contributed by atoms with Gasteiger partial charge < -0.3 is 0 Å². The van der Waals surface area contributed by atoms with E-state index < -0.39 is 0 Å². The Morgan fingerprint density at radius 2 is 1.04 bits per heavy atom. The lowest BCUT2D eigenvalue weighted by molar-refractivity contribution is 0.660. The highest BCUT2D eigenvalue weighted by Gasteiger charge is 2.35. The molecule has 0 N–H and O–H groups in total. The van der Waals surface area contributed by atoms with Crippen molar-refractivity contribution in [3.05, 3.63) is 163 Å². The molecule has 228 valence electrons. The zero-order valence-electron chi connectivity index (χ0n) is 26.7. The molecule has 0 radical (unpaired) electrons. The van der Waals surface area contributed by atoms with Crippen LogP contribution in [0.5, 0.6) is 0 Å². The van der Waals surface area contributed by atoms with Gasteiger partial charge in [-0.3, -0.25) is 4.57 Å². The minimum absolute atomic E-state index is 0.147. The fourth-order valence-electron chi connectivity index (χ4n) is 7.04. The van der Waals surface area contributed by atoms with Crippen molar-refractivity contribution in [3.63, 3.8) is 0 Å². The molecule has 0 spiro atoms. The van der Waals surface area contributed by atoms with Gasteiger partial charge in [0.2, 0.25) is 5.95 Å². The molecule has 0 atom stereocenters. The van der Waals surface area contributed by atoms with Crippen LogP contribution in [0.4, 0.5) is 0 Å². The van der Waals surface area contributed by atoms with E-state index >= 15 is 0 Å². The number of nitrogens with zero attached hydrogens (tertiary/aromatic N) is 5. The summed E-state index contributed by atoms with van der Waals surface area (Å²) in [5, 5.41) is 0. The molecule has 0 saturated heterocycles. The lowest BCUT2D eigenvalue weighted by Crippen LogP contribution is -2.15. The van der Waals surface area contributed by atoms with Crippen LogP contribution in [0.3, 0.4) is 0 Å². The van der Waals surface area contributed by atoms with Gasteiger partial charge >= 0.3 is 0 Å². The molecule has 0 fully saturated rings. The molecule has 5 nitrogen and oxygen atoms in total. The topological polar surface area (TPSA) is 56.5 Å². The molecule has 48 heavy (non-hydrogen) atoms. The molecule has 0 saturated carbocycles. The number of imidazole rings is 1. The predicted molar refractivity (Wildman–Crippen MR) is 194 cm³/mol. The molecule has 0 unspecified atom stereocenters. The van der Waals surface area contributed by atoms with Crippen LogP contribution in [-0.4, -0.2) is 24.5 Å². The minimum Gasteiger partial charge on any atom is -0.260 e. The van der Waals surface area contributed by atoms with E-state index in [-0.39, 0.29) is 5.41 Å². The standard InChI is InChI=1S/C43H31N5/c1-43(2)35-21-10-9-20-33(35)34-25-24-32(27-36(34)43)40-45-39(31-19-13-18-30(26-31)28-14-5-3-6-15-28)46-42(47-40)48-38-23-12-11-22-37(38)44-41(48)29-16-7-4-8-17-29/h3-27H,1-2H3. The summed E-state index contributed by atoms with van der Waals surface area (Å²) in [6.07, 6.45) is 0. The number of benzene rings is 6. The number of hydrogen-bond acceptors (Lipinski definition) is 4.